The predicted octanol–water partition coefficient (Wildman–Crippen LogP) is 5.83. The molecule has 0 saturated carbocycles. The van der Waals surface area contributed by atoms with E-state index < -0.39 is 0 Å². The number of hydrogen-bond acceptors (Lipinski definition) is 4. The molecular formula is C26H20N4O2. The van der Waals surface area contributed by atoms with Gasteiger partial charge >= 0.3 is 0 Å². The highest BCUT2D eigenvalue weighted by atomic mass is 16.5. The molecule has 0 atom stereocenters. The molecule has 0 aliphatic carbocycles. The molecule has 0 amide bonds. The normalized spacial score (nSPS) is 12.4. The highest BCUT2D eigenvalue weighted by molar-refractivity contribution is 6.00. The van der Waals surface area contributed by atoms with Gasteiger partial charge in [0.05, 0.1) is 48.0 Å². The van der Waals surface area contributed by atoms with Crippen molar-refractivity contribution in [3.8, 4) is 11.5 Å². The van der Waals surface area contributed by atoms with Gasteiger partial charge in [0, 0.05) is 21.8 Å². The van der Waals surface area contributed by atoms with Crippen LogP contribution in [0.2, 0.25) is 0 Å². The Labute approximate surface area is 183 Å². The second kappa shape index (κ2) is 7.13. The third kappa shape index (κ3) is 2.96. The van der Waals surface area contributed by atoms with E-state index in [2.05, 4.69) is 22.1 Å². The lowest BCUT2D eigenvalue weighted by Gasteiger charge is -2.09. The summed E-state index contributed by atoms with van der Waals surface area (Å²) in [4.78, 5) is 16.7. The van der Waals surface area contributed by atoms with Crippen LogP contribution in [-0.4, -0.2) is 34.2 Å². The van der Waals surface area contributed by atoms with Gasteiger partial charge in [-0.3, -0.25) is 0 Å². The molecular weight excluding hydrogens is 400 g/mol. The molecule has 2 N–H and O–H groups in total. The van der Waals surface area contributed by atoms with Crippen LogP contribution in [0.1, 0.15) is 22.8 Å². The standard InChI is InChI=1S/C26H20N4O2/c1-31-25-13-17-18(14-26(25)32-2)20-10-12-24(30-20)22-8-6-16(28-22)4-3-15-5-7-21(27-15)23-11-9-19(17)29-23/h3-14,27-28H,1-2H3. The van der Waals surface area contributed by atoms with Crippen molar-refractivity contribution in [3.05, 3.63) is 71.3 Å². The zero-order valence-corrected chi connectivity index (χ0v) is 17.6. The van der Waals surface area contributed by atoms with Crippen LogP contribution < -0.4 is 9.47 Å². The van der Waals surface area contributed by atoms with Crippen molar-refractivity contribution >= 4 is 57.1 Å². The Hall–Kier alpha value is -4.32. The fourth-order valence-corrected chi connectivity index (χ4v) is 4.12. The molecule has 6 rings (SSSR count). The van der Waals surface area contributed by atoms with Gasteiger partial charge in [-0.05, 0) is 72.8 Å². The number of nitrogens with zero attached hydrogens (tertiary/aromatic N) is 2. The Morgan fingerprint density at radius 2 is 0.969 bits per heavy atom. The quantitative estimate of drug-likeness (QED) is 0.370. The average Bonchev–Trinajstić information content (AvgIpc) is 3.61. The van der Waals surface area contributed by atoms with Crippen LogP contribution in [0.15, 0.2) is 48.5 Å². The summed E-state index contributed by atoms with van der Waals surface area (Å²) >= 11 is 0. The molecule has 0 spiro atoms. The van der Waals surface area contributed by atoms with E-state index in [0.29, 0.717) is 11.5 Å². The first kappa shape index (κ1) is 18.4. The first-order chi connectivity index (χ1) is 15.7. The molecule has 6 nitrogen and oxygen atoms in total. The van der Waals surface area contributed by atoms with Crippen molar-refractivity contribution < 1.29 is 9.47 Å². The second-order valence-corrected chi connectivity index (χ2v) is 7.67. The van der Waals surface area contributed by atoms with Gasteiger partial charge < -0.3 is 19.4 Å². The number of benzene rings is 1. The SMILES string of the molecule is COc1cc2c3nc(c4ccc(ccc5ccc([nH]5)c5nc(c2cc1OC)C=C5)[nH]4)C=C3. The number of methoxy groups -OCH3 is 2. The molecule has 1 aromatic carbocycles. The fourth-order valence-electron chi connectivity index (χ4n) is 4.12. The van der Waals surface area contributed by atoms with Crippen LogP contribution in [0.5, 0.6) is 11.5 Å². The Balaban J connectivity index is 1.80. The van der Waals surface area contributed by atoms with Crippen molar-refractivity contribution in [2.24, 2.45) is 0 Å². The number of rotatable bonds is 2. The van der Waals surface area contributed by atoms with Gasteiger partial charge in [0.1, 0.15) is 0 Å². The number of aromatic amines is 2. The molecule has 5 heterocycles. The van der Waals surface area contributed by atoms with E-state index in [1.165, 1.54) is 0 Å². The maximum absolute atomic E-state index is 5.58. The highest BCUT2D eigenvalue weighted by Crippen LogP contribution is 2.36. The van der Waals surface area contributed by atoms with Crippen LogP contribution in [-0.2, 0) is 0 Å². The molecule has 156 valence electrons. The van der Waals surface area contributed by atoms with Crippen LogP contribution in [0.25, 0.3) is 57.1 Å². The summed E-state index contributed by atoms with van der Waals surface area (Å²) in [5, 5.41) is 1.87. The van der Waals surface area contributed by atoms with Gasteiger partial charge in [0.15, 0.2) is 11.5 Å². The average molecular weight is 420 g/mol. The summed E-state index contributed by atoms with van der Waals surface area (Å²) in [5.74, 6) is 1.30. The lowest BCUT2D eigenvalue weighted by molar-refractivity contribution is 0.356. The Morgan fingerprint density at radius 1 is 0.562 bits per heavy atom. The molecule has 0 unspecified atom stereocenters. The zero-order valence-electron chi connectivity index (χ0n) is 17.6. The second-order valence-electron chi connectivity index (χ2n) is 7.67. The third-order valence-electron chi connectivity index (χ3n) is 5.77. The van der Waals surface area contributed by atoms with E-state index in [9.17, 15) is 0 Å². The Kier molecular flexibility index (Phi) is 4.11. The van der Waals surface area contributed by atoms with Crippen molar-refractivity contribution in [3.63, 3.8) is 0 Å². The zero-order chi connectivity index (χ0) is 21.7. The van der Waals surface area contributed by atoms with Crippen molar-refractivity contribution in [1.82, 2.24) is 19.9 Å². The predicted molar refractivity (Wildman–Crippen MR) is 129 cm³/mol. The van der Waals surface area contributed by atoms with Gasteiger partial charge in [-0.25, -0.2) is 9.97 Å². The first-order valence-corrected chi connectivity index (χ1v) is 10.3. The molecule has 6 heteroatoms. The molecule has 2 aliphatic heterocycles. The molecule has 0 saturated heterocycles. The molecule has 0 radical (unpaired) electrons. The molecule has 3 aromatic heterocycles. The van der Waals surface area contributed by atoms with Crippen molar-refractivity contribution in [2.75, 3.05) is 14.2 Å². The van der Waals surface area contributed by atoms with Gasteiger partial charge in [-0.15, -0.1) is 0 Å². The molecule has 8 bridgehead atoms. The van der Waals surface area contributed by atoms with E-state index >= 15 is 0 Å². The fraction of sp³-hybridized carbons (Fsp3) is 0.0769. The van der Waals surface area contributed by atoms with Gasteiger partial charge in [0.2, 0.25) is 0 Å². The Bertz CT molecular complexity index is 1490. The monoisotopic (exact) mass is 420 g/mol. The lowest BCUT2D eigenvalue weighted by Crippen LogP contribution is -1.92. The van der Waals surface area contributed by atoms with E-state index in [0.717, 1.165) is 55.6 Å². The van der Waals surface area contributed by atoms with Crippen molar-refractivity contribution in [1.29, 1.82) is 0 Å². The number of H-pyrrole nitrogens is 2. The van der Waals surface area contributed by atoms with Crippen LogP contribution in [0, 0.1) is 0 Å². The third-order valence-corrected chi connectivity index (χ3v) is 5.77. The smallest absolute Gasteiger partial charge is 0.161 e. The summed E-state index contributed by atoms with van der Waals surface area (Å²) < 4.78 is 11.2. The minimum atomic E-state index is 0.651. The summed E-state index contributed by atoms with van der Waals surface area (Å²) in [6, 6.07) is 16.2. The topological polar surface area (TPSA) is 75.8 Å². The van der Waals surface area contributed by atoms with Gasteiger partial charge in [-0.1, -0.05) is 0 Å². The number of hydrogen-bond donors (Lipinski definition) is 2. The van der Waals surface area contributed by atoms with Crippen LogP contribution in [0.3, 0.4) is 0 Å². The van der Waals surface area contributed by atoms with Gasteiger partial charge in [0.25, 0.3) is 0 Å². The number of aromatic nitrogens is 4. The van der Waals surface area contributed by atoms with Crippen LogP contribution >= 0.6 is 0 Å². The maximum Gasteiger partial charge on any atom is 0.161 e. The molecule has 4 aromatic rings. The number of nitrogens with one attached hydrogen (secondary N) is 2. The summed E-state index contributed by atoms with van der Waals surface area (Å²) in [6.45, 7) is 0. The van der Waals surface area contributed by atoms with Gasteiger partial charge in [-0.2, -0.15) is 0 Å². The van der Waals surface area contributed by atoms with E-state index in [-0.39, 0.29) is 0 Å². The summed E-state index contributed by atoms with van der Waals surface area (Å²) in [7, 11) is 3.28. The molecule has 32 heavy (non-hydrogen) atoms. The first-order valence-electron chi connectivity index (χ1n) is 10.3. The largest absolute Gasteiger partial charge is 0.493 e. The lowest BCUT2D eigenvalue weighted by atomic mass is 10.1. The minimum absolute atomic E-state index is 0.651. The maximum atomic E-state index is 5.58. The van der Waals surface area contributed by atoms with E-state index in [4.69, 9.17) is 19.4 Å². The van der Waals surface area contributed by atoms with E-state index in [1.807, 2.05) is 60.7 Å². The number of ether oxygens (including phenoxy) is 2. The summed E-state index contributed by atoms with van der Waals surface area (Å²) in [5.41, 5.74) is 7.40. The summed E-state index contributed by atoms with van der Waals surface area (Å²) in [6.07, 6.45) is 8.09. The number of fused-ring (bicyclic) bond motifs is 13. The highest BCUT2D eigenvalue weighted by Gasteiger charge is 2.14. The Morgan fingerprint density at radius 3 is 1.41 bits per heavy atom. The van der Waals surface area contributed by atoms with E-state index in [1.54, 1.807) is 14.2 Å². The van der Waals surface area contributed by atoms with Crippen LogP contribution in [0.4, 0.5) is 0 Å². The molecule has 2 aliphatic rings. The molecule has 0 fully saturated rings. The van der Waals surface area contributed by atoms with Crippen molar-refractivity contribution in [2.45, 2.75) is 0 Å². The minimum Gasteiger partial charge on any atom is -0.493 e.